The summed E-state index contributed by atoms with van der Waals surface area (Å²) in [5.74, 6) is -1.54. The summed E-state index contributed by atoms with van der Waals surface area (Å²) in [7, 11) is 0. The van der Waals surface area contributed by atoms with Crippen molar-refractivity contribution in [3.63, 3.8) is 0 Å². The van der Waals surface area contributed by atoms with Crippen LogP contribution in [0.5, 0.6) is 0 Å². The lowest BCUT2D eigenvalue weighted by Gasteiger charge is -2.29. The van der Waals surface area contributed by atoms with Crippen LogP contribution in [0.1, 0.15) is 35.1 Å². The third-order valence-electron chi connectivity index (χ3n) is 8.38. The molecule has 0 bridgehead atoms. The first-order valence-corrected chi connectivity index (χ1v) is 13.4. The minimum atomic E-state index is -0.838. The highest BCUT2D eigenvalue weighted by Gasteiger charge is 2.46. The molecule has 0 amide bonds. The highest BCUT2D eigenvalue weighted by molar-refractivity contribution is 5.74. The van der Waals surface area contributed by atoms with E-state index in [1.807, 2.05) is 18.2 Å². The standard InChI is InChI=1S/C35H28F2N2/c1-22-21-39-23(2)35-28(26-12-6-7-13-27(26)33-14-8-9-17-38(33)35)16-15-25-18-31(36)32(37)19-30(25)34(39)20-29(22)24-10-4-3-5-11-24/h3-14,17-21,28,35H,2,15-16H2,1H3/q+2. The Morgan fingerprint density at radius 2 is 1.51 bits per heavy atom. The van der Waals surface area contributed by atoms with Crippen molar-refractivity contribution in [3.8, 4) is 33.6 Å². The molecule has 2 aliphatic rings. The summed E-state index contributed by atoms with van der Waals surface area (Å²) >= 11 is 0. The molecule has 4 heteroatoms. The summed E-state index contributed by atoms with van der Waals surface area (Å²) < 4.78 is 33.9. The summed E-state index contributed by atoms with van der Waals surface area (Å²) in [5.41, 5.74) is 10.1. The van der Waals surface area contributed by atoms with Gasteiger partial charge >= 0.3 is 0 Å². The first kappa shape index (κ1) is 23.7. The fourth-order valence-electron chi connectivity index (χ4n) is 6.56. The van der Waals surface area contributed by atoms with E-state index in [0.29, 0.717) is 12.0 Å². The van der Waals surface area contributed by atoms with Crippen LogP contribution in [0.4, 0.5) is 8.78 Å². The van der Waals surface area contributed by atoms with Gasteiger partial charge in [-0.2, -0.15) is 9.13 Å². The smallest absolute Gasteiger partial charge is 0.204 e. The van der Waals surface area contributed by atoms with E-state index >= 15 is 0 Å². The van der Waals surface area contributed by atoms with E-state index in [1.165, 1.54) is 23.3 Å². The number of hydrogen-bond donors (Lipinski definition) is 0. The number of hydrogen-bond acceptors (Lipinski definition) is 0. The molecule has 0 radical (unpaired) electrons. The van der Waals surface area contributed by atoms with Gasteiger partial charge in [0.2, 0.25) is 23.1 Å². The molecule has 4 heterocycles. The molecule has 2 nitrogen and oxygen atoms in total. The van der Waals surface area contributed by atoms with Gasteiger partial charge in [0, 0.05) is 29.3 Å². The maximum Gasteiger partial charge on any atom is 0.249 e. The van der Waals surface area contributed by atoms with E-state index in [4.69, 9.17) is 0 Å². The number of aryl methyl sites for hydroxylation is 2. The van der Waals surface area contributed by atoms with Gasteiger partial charge in [0.15, 0.2) is 24.0 Å². The Balaban J connectivity index is 1.53. The minimum absolute atomic E-state index is 0.0640. The van der Waals surface area contributed by atoms with Crippen LogP contribution in [0.2, 0.25) is 0 Å². The molecular formula is C35H28F2N2+2. The van der Waals surface area contributed by atoms with Crippen molar-refractivity contribution in [1.82, 2.24) is 0 Å². The highest BCUT2D eigenvalue weighted by atomic mass is 19.2. The number of fused-ring (bicyclic) bond motifs is 9. The van der Waals surface area contributed by atoms with E-state index in [-0.39, 0.29) is 12.0 Å². The lowest BCUT2D eigenvalue weighted by Crippen LogP contribution is -2.53. The van der Waals surface area contributed by atoms with E-state index in [9.17, 15) is 8.78 Å². The average molecular weight is 515 g/mol. The number of pyridine rings is 2. The fourth-order valence-corrected chi connectivity index (χ4v) is 6.56. The second kappa shape index (κ2) is 9.09. The maximum absolute atomic E-state index is 14.8. The molecule has 190 valence electrons. The maximum atomic E-state index is 14.8. The number of aromatic nitrogens is 2. The summed E-state index contributed by atoms with van der Waals surface area (Å²) in [6, 6.07) is 29.8. The lowest BCUT2D eigenvalue weighted by molar-refractivity contribution is -0.727. The molecule has 0 fully saturated rings. The molecule has 2 aromatic heterocycles. The van der Waals surface area contributed by atoms with Crippen molar-refractivity contribution < 1.29 is 17.9 Å². The fraction of sp³-hybridized carbons (Fsp3) is 0.143. The van der Waals surface area contributed by atoms with Crippen LogP contribution in [-0.2, 0) is 6.42 Å². The third kappa shape index (κ3) is 3.74. The van der Waals surface area contributed by atoms with Crippen LogP contribution in [0.3, 0.4) is 0 Å². The lowest BCUT2D eigenvalue weighted by atomic mass is 9.78. The van der Waals surface area contributed by atoms with Gasteiger partial charge < -0.3 is 0 Å². The summed E-state index contributed by atoms with van der Waals surface area (Å²) in [6.07, 6.45) is 5.63. The van der Waals surface area contributed by atoms with Crippen LogP contribution in [0.15, 0.2) is 110 Å². The molecular weight excluding hydrogens is 486 g/mol. The van der Waals surface area contributed by atoms with Crippen LogP contribution >= 0.6 is 0 Å². The van der Waals surface area contributed by atoms with Gasteiger partial charge in [-0.15, -0.1) is 0 Å². The third-order valence-corrected chi connectivity index (χ3v) is 8.38. The monoisotopic (exact) mass is 514 g/mol. The second-order valence-corrected chi connectivity index (χ2v) is 10.6. The normalized spacial score (nSPS) is 17.5. The van der Waals surface area contributed by atoms with Crippen LogP contribution in [0, 0.1) is 18.6 Å². The summed E-state index contributed by atoms with van der Waals surface area (Å²) in [6.45, 7) is 6.78. The topological polar surface area (TPSA) is 7.76 Å². The summed E-state index contributed by atoms with van der Waals surface area (Å²) in [4.78, 5) is 0. The Kier molecular flexibility index (Phi) is 5.52. The first-order chi connectivity index (χ1) is 19.0. The van der Waals surface area contributed by atoms with E-state index in [0.717, 1.165) is 45.8 Å². The Morgan fingerprint density at radius 1 is 0.769 bits per heavy atom. The number of halogens is 2. The van der Waals surface area contributed by atoms with Gasteiger partial charge in [-0.3, -0.25) is 0 Å². The predicted molar refractivity (Wildman–Crippen MR) is 150 cm³/mol. The molecule has 5 aromatic rings. The van der Waals surface area contributed by atoms with Gasteiger partial charge in [-0.05, 0) is 72.9 Å². The zero-order chi connectivity index (χ0) is 26.7. The van der Waals surface area contributed by atoms with Crippen molar-refractivity contribution >= 4 is 5.70 Å². The molecule has 39 heavy (non-hydrogen) atoms. The van der Waals surface area contributed by atoms with Gasteiger partial charge in [0.05, 0.1) is 11.5 Å². The van der Waals surface area contributed by atoms with Crippen molar-refractivity contribution in [2.75, 3.05) is 0 Å². The van der Waals surface area contributed by atoms with Crippen LogP contribution < -0.4 is 9.13 Å². The Morgan fingerprint density at radius 3 is 2.36 bits per heavy atom. The highest BCUT2D eigenvalue weighted by Crippen LogP contribution is 2.45. The summed E-state index contributed by atoms with van der Waals surface area (Å²) in [5, 5.41) is 0. The predicted octanol–water partition coefficient (Wildman–Crippen LogP) is 7.60. The van der Waals surface area contributed by atoms with Gasteiger partial charge in [0.1, 0.15) is 0 Å². The quantitative estimate of drug-likeness (QED) is 0.204. The molecule has 0 saturated carbocycles. The van der Waals surface area contributed by atoms with E-state index in [1.54, 1.807) is 0 Å². The molecule has 2 aliphatic heterocycles. The van der Waals surface area contributed by atoms with E-state index in [2.05, 4.69) is 95.7 Å². The van der Waals surface area contributed by atoms with Gasteiger partial charge in [-0.25, -0.2) is 8.78 Å². The van der Waals surface area contributed by atoms with Crippen molar-refractivity contribution in [2.24, 2.45) is 0 Å². The average Bonchev–Trinajstić information content (AvgIpc) is 3.01. The zero-order valence-electron chi connectivity index (χ0n) is 21.7. The van der Waals surface area contributed by atoms with Crippen molar-refractivity contribution in [3.05, 3.63) is 138 Å². The first-order valence-electron chi connectivity index (χ1n) is 13.4. The minimum Gasteiger partial charge on any atom is -0.204 e. The SMILES string of the molecule is C=C1C2C(CCc3cc(F)c(F)cc3-c3cc(-c4ccccc4)c(C)c[n+]31)c1ccccc1-c1cccc[n+]12. The molecule has 3 aromatic carbocycles. The molecule has 2 unspecified atom stereocenters. The molecule has 2 atom stereocenters. The van der Waals surface area contributed by atoms with E-state index < -0.39 is 11.6 Å². The number of benzene rings is 3. The molecule has 0 saturated heterocycles. The second-order valence-electron chi connectivity index (χ2n) is 10.6. The number of nitrogens with zero attached hydrogens (tertiary/aromatic N) is 2. The Labute approximate surface area is 227 Å². The van der Waals surface area contributed by atoms with Gasteiger partial charge in [-0.1, -0.05) is 48.5 Å². The van der Waals surface area contributed by atoms with Crippen LogP contribution in [-0.4, -0.2) is 0 Å². The largest absolute Gasteiger partial charge is 0.249 e. The Bertz CT molecular complexity index is 1770. The number of rotatable bonds is 1. The van der Waals surface area contributed by atoms with Crippen molar-refractivity contribution in [1.29, 1.82) is 0 Å². The molecule has 0 N–H and O–H groups in total. The molecule has 7 rings (SSSR count). The molecule has 0 spiro atoms. The van der Waals surface area contributed by atoms with Crippen LogP contribution in [0.25, 0.3) is 39.3 Å². The van der Waals surface area contributed by atoms with Crippen molar-refractivity contribution in [2.45, 2.75) is 31.7 Å². The molecule has 0 aliphatic carbocycles. The zero-order valence-corrected chi connectivity index (χ0v) is 21.7. The number of allylic oxidation sites excluding steroid dienone is 1. The van der Waals surface area contributed by atoms with Gasteiger partial charge in [0.25, 0.3) is 0 Å². The Hall–Kier alpha value is -4.44.